The molecule has 0 bridgehead atoms. The van der Waals surface area contributed by atoms with Gasteiger partial charge in [-0.25, -0.2) is 8.42 Å². The molecule has 0 aromatic heterocycles. The van der Waals surface area contributed by atoms with E-state index >= 15 is 0 Å². The van der Waals surface area contributed by atoms with Crippen LogP contribution in [0.15, 0.2) is 60.0 Å². The van der Waals surface area contributed by atoms with Gasteiger partial charge in [0.2, 0.25) is 5.91 Å². The Balaban J connectivity index is 2.00. The Morgan fingerprint density at radius 3 is 2.68 bits per heavy atom. The highest BCUT2D eigenvalue weighted by atomic mass is 32.2. The van der Waals surface area contributed by atoms with Crippen molar-refractivity contribution < 1.29 is 17.9 Å². The molecule has 2 aromatic rings. The maximum absolute atomic E-state index is 12.9. The molecule has 1 aliphatic heterocycles. The Morgan fingerprint density at radius 1 is 1.25 bits per heavy atom. The van der Waals surface area contributed by atoms with Gasteiger partial charge in [-0.3, -0.25) is 9.52 Å². The molecule has 1 N–H and O–H groups in total. The van der Waals surface area contributed by atoms with Gasteiger partial charge < -0.3 is 9.64 Å². The van der Waals surface area contributed by atoms with Crippen molar-refractivity contribution in [1.82, 2.24) is 0 Å². The molecule has 0 saturated heterocycles. The van der Waals surface area contributed by atoms with Crippen LogP contribution in [0.4, 0.5) is 11.4 Å². The van der Waals surface area contributed by atoms with Gasteiger partial charge in [0.05, 0.1) is 21.7 Å². The van der Waals surface area contributed by atoms with Crippen molar-refractivity contribution in [1.29, 1.82) is 0 Å². The number of benzene rings is 2. The van der Waals surface area contributed by atoms with Gasteiger partial charge in [-0.2, -0.15) is 0 Å². The van der Waals surface area contributed by atoms with Crippen molar-refractivity contribution in [2.75, 3.05) is 22.8 Å². The van der Waals surface area contributed by atoms with E-state index in [2.05, 4.69) is 11.3 Å². The molecule has 1 amide bonds. The van der Waals surface area contributed by atoms with E-state index in [9.17, 15) is 13.2 Å². The van der Waals surface area contributed by atoms with Gasteiger partial charge in [0.25, 0.3) is 10.0 Å². The summed E-state index contributed by atoms with van der Waals surface area (Å²) in [5.41, 5.74) is 1.01. The second-order valence-electron chi connectivity index (χ2n) is 7.48. The molecule has 0 atom stereocenters. The first-order chi connectivity index (χ1) is 13.1. The zero-order valence-electron chi connectivity index (χ0n) is 16.2. The van der Waals surface area contributed by atoms with Crippen LogP contribution in [0, 0.1) is 12.3 Å². The molecule has 0 aliphatic carbocycles. The molecule has 0 spiro atoms. The van der Waals surface area contributed by atoms with E-state index in [0.29, 0.717) is 23.7 Å². The van der Waals surface area contributed by atoms with E-state index in [1.807, 2.05) is 26.8 Å². The minimum absolute atomic E-state index is 0.107. The summed E-state index contributed by atoms with van der Waals surface area (Å²) in [6.45, 7) is 9.73. The number of anilines is 2. The predicted octanol–water partition coefficient (Wildman–Crippen LogP) is 3.73. The van der Waals surface area contributed by atoms with Crippen LogP contribution in [0.2, 0.25) is 0 Å². The third kappa shape index (κ3) is 3.89. The minimum Gasteiger partial charge on any atom is -0.490 e. The Hall–Kier alpha value is -2.80. The lowest BCUT2D eigenvalue weighted by Crippen LogP contribution is -2.42. The summed E-state index contributed by atoms with van der Waals surface area (Å²) in [6.07, 6.45) is 1.63. The number of ether oxygens (including phenoxy) is 1. The molecule has 7 heteroatoms. The van der Waals surface area contributed by atoms with Crippen molar-refractivity contribution >= 4 is 27.3 Å². The van der Waals surface area contributed by atoms with Crippen molar-refractivity contribution in [2.45, 2.75) is 25.7 Å². The normalized spacial score (nSPS) is 16.0. The third-order valence-electron chi connectivity index (χ3n) is 4.53. The van der Waals surface area contributed by atoms with E-state index in [-0.39, 0.29) is 17.4 Å². The molecule has 28 heavy (non-hydrogen) atoms. The number of sulfonamides is 1. The molecular weight excluding hydrogens is 376 g/mol. The second-order valence-corrected chi connectivity index (χ2v) is 9.16. The van der Waals surface area contributed by atoms with E-state index in [1.54, 1.807) is 41.3 Å². The molecular formula is C21H24N2O4S. The quantitative estimate of drug-likeness (QED) is 0.776. The number of rotatable bonds is 5. The van der Waals surface area contributed by atoms with Crippen LogP contribution in [0.5, 0.6) is 5.75 Å². The van der Waals surface area contributed by atoms with Crippen LogP contribution in [0.1, 0.15) is 19.4 Å². The van der Waals surface area contributed by atoms with Gasteiger partial charge in [0.15, 0.2) is 0 Å². The molecule has 3 rings (SSSR count). The van der Waals surface area contributed by atoms with E-state index < -0.39 is 15.4 Å². The molecule has 6 nitrogen and oxygen atoms in total. The van der Waals surface area contributed by atoms with Crippen LogP contribution in [-0.4, -0.2) is 27.5 Å². The summed E-state index contributed by atoms with van der Waals surface area (Å²) in [6, 6.07) is 11.6. The number of hydrogen-bond donors (Lipinski definition) is 1. The van der Waals surface area contributed by atoms with Crippen LogP contribution < -0.4 is 14.4 Å². The van der Waals surface area contributed by atoms with Crippen molar-refractivity contribution in [3.05, 3.63) is 60.7 Å². The fraction of sp³-hybridized carbons (Fsp3) is 0.286. The average molecular weight is 401 g/mol. The van der Waals surface area contributed by atoms with Crippen LogP contribution in [-0.2, 0) is 14.8 Å². The standard InChI is InChI=1S/C21H24N2O4S/c1-5-11-23-18-13-16(9-10-19(18)27-14-21(3,4)20(23)24)22-28(25,26)17-8-6-7-15(2)12-17/h5-10,12-13,22H,1,11,14H2,2-4H3. The molecule has 0 unspecified atom stereocenters. The monoisotopic (exact) mass is 400 g/mol. The van der Waals surface area contributed by atoms with E-state index in [4.69, 9.17) is 4.74 Å². The molecule has 1 heterocycles. The zero-order valence-corrected chi connectivity index (χ0v) is 17.0. The lowest BCUT2D eigenvalue weighted by atomic mass is 9.93. The number of nitrogens with one attached hydrogen (secondary N) is 1. The van der Waals surface area contributed by atoms with Gasteiger partial charge >= 0.3 is 0 Å². The number of nitrogens with zero attached hydrogens (tertiary/aromatic N) is 1. The van der Waals surface area contributed by atoms with Gasteiger partial charge in [-0.05, 0) is 56.7 Å². The van der Waals surface area contributed by atoms with Crippen molar-refractivity contribution in [2.24, 2.45) is 5.41 Å². The summed E-state index contributed by atoms with van der Waals surface area (Å²) in [5.74, 6) is 0.420. The first-order valence-corrected chi connectivity index (χ1v) is 10.4. The molecule has 1 aliphatic rings. The van der Waals surface area contributed by atoms with Gasteiger partial charge in [0.1, 0.15) is 12.4 Å². The first-order valence-electron chi connectivity index (χ1n) is 8.93. The highest BCUT2D eigenvalue weighted by molar-refractivity contribution is 7.92. The topological polar surface area (TPSA) is 75.7 Å². The number of amides is 1. The molecule has 0 saturated carbocycles. The summed E-state index contributed by atoms with van der Waals surface area (Å²) >= 11 is 0. The van der Waals surface area contributed by atoms with Crippen LogP contribution >= 0.6 is 0 Å². The Bertz CT molecular complexity index is 1030. The number of carbonyl (C=O) groups is 1. The molecule has 148 valence electrons. The number of aryl methyl sites for hydroxylation is 1. The number of hydrogen-bond acceptors (Lipinski definition) is 4. The average Bonchev–Trinajstić information content (AvgIpc) is 2.72. The summed E-state index contributed by atoms with van der Waals surface area (Å²) in [4.78, 5) is 14.7. The summed E-state index contributed by atoms with van der Waals surface area (Å²) in [5, 5.41) is 0. The van der Waals surface area contributed by atoms with Gasteiger partial charge in [-0.1, -0.05) is 18.2 Å². The SMILES string of the molecule is C=CCN1C(=O)C(C)(C)COc2ccc(NS(=O)(=O)c3cccc(C)c3)cc21. The zero-order chi connectivity index (χ0) is 20.5. The lowest BCUT2D eigenvalue weighted by molar-refractivity contribution is -0.127. The maximum Gasteiger partial charge on any atom is 0.261 e. The Labute approximate surface area is 165 Å². The summed E-state index contributed by atoms with van der Waals surface area (Å²) < 4.78 is 33.9. The number of carbonyl (C=O) groups excluding carboxylic acids is 1. The van der Waals surface area contributed by atoms with E-state index in [0.717, 1.165) is 5.56 Å². The van der Waals surface area contributed by atoms with Crippen molar-refractivity contribution in [3.8, 4) is 5.75 Å². The fourth-order valence-electron chi connectivity index (χ4n) is 3.02. The largest absolute Gasteiger partial charge is 0.490 e. The van der Waals surface area contributed by atoms with Crippen LogP contribution in [0.25, 0.3) is 0 Å². The highest BCUT2D eigenvalue weighted by Gasteiger charge is 2.37. The predicted molar refractivity (Wildman–Crippen MR) is 110 cm³/mol. The lowest BCUT2D eigenvalue weighted by Gasteiger charge is -2.27. The van der Waals surface area contributed by atoms with E-state index in [1.165, 1.54) is 6.07 Å². The Kier molecular flexibility index (Phi) is 5.21. The smallest absolute Gasteiger partial charge is 0.261 e. The third-order valence-corrected chi connectivity index (χ3v) is 5.91. The molecule has 0 radical (unpaired) electrons. The second kappa shape index (κ2) is 7.31. The Morgan fingerprint density at radius 2 is 2.00 bits per heavy atom. The minimum atomic E-state index is -3.75. The number of fused-ring (bicyclic) bond motifs is 1. The van der Waals surface area contributed by atoms with Crippen LogP contribution in [0.3, 0.4) is 0 Å². The summed E-state index contributed by atoms with van der Waals surface area (Å²) in [7, 11) is -3.75. The first kappa shape index (κ1) is 19.9. The highest BCUT2D eigenvalue weighted by Crippen LogP contribution is 2.38. The van der Waals surface area contributed by atoms with Gasteiger partial charge in [0, 0.05) is 6.54 Å². The maximum atomic E-state index is 12.9. The fourth-order valence-corrected chi connectivity index (χ4v) is 4.17. The molecule has 2 aromatic carbocycles. The van der Waals surface area contributed by atoms with Crippen molar-refractivity contribution in [3.63, 3.8) is 0 Å². The molecule has 0 fully saturated rings. The van der Waals surface area contributed by atoms with Gasteiger partial charge in [-0.15, -0.1) is 6.58 Å².